The van der Waals surface area contributed by atoms with Crippen molar-refractivity contribution in [3.05, 3.63) is 80.9 Å². The van der Waals surface area contributed by atoms with Crippen LogP contribution in [0, 0.1) is 11.2 Å². The van der Waals surface area contributed by atoms with E-state index in [0.29, 0.717) is 47.8 Å². The fourth-order valence-electron chi connectivity index (χ4n) is 4.49. The van der Waals surface area contributed by atoms with Crippen LogP contribution in [0.5, 0.6) is 11.5 Å². The number of nitrogens with two attached hydrogens (primary N) is 1. The average Bonchev–Trinajstić information content (AvgIpc) is 3.63. The van der Waals surface area contributed by atoms with E-state index in [1.54, 1.807) is 31.2 Å². The van der Waals surface area contributed by atoms with Crippen molar-refractivity contribution in [3.63, 3.8) is 0 Å². The van der Waals surface area contributed by atoms with Crippen LogP contribution in [0.1, 0.15) is 59.2 Å². The smallest absolute Gasteiger partial charge is 0.349 e. The monoisotopic (exact) mass is 610 g/mol. The summed E-state index contributed by atoms with van der Waals surface area (Å²) >= 11 is 0. The lowest BCUT2D eigenvalue weighted by molar-refractivity contribution is -0.134. The number of anilines is 1. The van der Waals surface area contributed by atoms with Crippen LogP contribution in [0.2, 0.25) is 0 Å². The molecule has 15 nitrogen and oxygen atoms in total. The zero-order valence-corrected chi connectivity index (χ0v) is 24.1. The molecule has 0 radical (unpaired) electrons. The second-order valence-corrected chi connectivity index (χ2v) is 9.41. The Morgan fingerprint density at radius 2 is 2.02 bits per heavy atom. The Morgan fingerprint density at radius 1 is 1.32 bits per heavy atom. The molecule has 16 heteroatoms. The van der Waals surface area contributed by atoms with Gasteiger partial charge in [-0.2, -0.15) is 9.78 Å². The molecule has 44 heavy (non-hydrogen) atoms. The molecule has 0 bridgehead atoms. The van der Waals surface area contributed by atoms with Crippen LogP contribution in [0.3, 0.4) is 0 Å². The van der Waals surface area contributed by atoms with Crippen molar-refractivity contribution in [1.82, 2.24) is 25.0 Å². The number of amidine groups is 1. The number of carbonyl (C=O) groups excluding carboxylic acids is 1. The number of aromatic nitrogens is 5. The van der Waals surface area contributed by atoms with Crippen LogP contribution in [0.4, 0.5) is 10.1 Å². The predicted molar refractivity (Wildman–Crippen MR) is 155 cm³/mol. The zero-order valence-electron chi connectivity index (χ0n) is 24.1. The normalized spacial score (nSPS) is 12.5. The summed E-state index contributed by atoms with van der Waals surface area (Å²) < 4.78 is 33.3. The maximum atomic E-state index is 16.1. The van der Waals surface area contributed by atoms with E-state index in [4.69, 9.17) is 35.3 Å². The first-order valence-electron chi connectivity index (χ1n) is 13.4. The summed E-state index contributed by atoms with van der Waals surface area (Å²) in [7, 11) is 1.46. The number of nitrogen functional groups attached to an aromatic ring is 1. The van der Waals surface area contributed by atoms with Crippen molar-refractivity contribution in [2.24, 2.45) is 5.73 Å². The van der Waals surface area contributed by atoms with Crippen LogP contribution in [-0.4, -0.2) is 68.2 Å². The second-order valence-electron chi connectivity index (χ2n) is 9.41. The molecule has 0 amide bonds. The summed E-state index contributed by atoms with van der Waals surface area (Å²) in [4.78, 5) is 37.1. The molecule has 2 aromatic carbocycles. The molecule has 3 heterocycles. The topological polar surface area (TPSA) is 223 Å². The summed E-state index contributed by atoms with van der Waals surface area (Å²) in [6.07, 6.45) is 2.30. The van der Waals surface area contributed by atoms with Crippen LogP contribution in [0.25, 0.3) is 5.82 Å². The molecule has 1 atom stereocenters. The van der Waals surface area contributed by atoms with Crippen molar-refractivity contribution < 1.29 is 33.3 Å². The largest absolute Gasteiger partial charge is 0.493 e. The number of carboxylic acid groups (broad SMARTS) is 1. The highest BCUT2D eigenvalue weighted by Gasteiger charge is 2.30. The summed E-state index contributed by atoms with van der Waals surface area (Å²) in [6.45, 7) is 3.31. The second kappa shape index (κ2) is 13.5. The minimum absolute atomic E-state index is 0.00473. The number of H-pyrrole nitrogens is 2. The number of methoxy groups -OCH3 is 1. The van der Waals surface area contributed by atoms with Gasteiger partial charge in [0.15, 0.2) is 23.1 Å². The standard InChI is InChI=1S/C26H27FN8O5.C2H4O2/c1-3-39-25(36)17-12-30-33-24(17)35-26(37)32-23(34-35)20(31-14-8-6-13(7-9-14)22(28)29)16-11-18(38-2)21-15(19(16)27)5-4-10-40-21;1-2(3)4/h6-9,11-12,20,31H,3-5,10H2,1-2H3,(H3,28,29)(H,30,33)(H,32,34,37);1H3,(H,3,4). The van der Waals surface area contributed by atoms with Gasteiger partial charge in [-0.25, -0.2) is 14.0 Å². The number of ether oxygens (including phenoxy) is 3. The molecule has 1 aliphatic rings. The van der Waals surface area contributed by atoms with E-state index in [-0.39, 0.29) is 35.2 Å². The van der Waals surface area contributed by atoms with Gasteiger partial charge in [-0.1, -0.05) is 0 Å². The van der Waals surface area contributed by atoms with Crippen LogP contribution in [-0.2, 0) is 16.0 Å². The first-order chi connectivity index (χ1) is 21.0. The molecule has 4 aromatic rings. The van der Waals surface area contributed by atoms with Gasteiger partial charge in [-0.05, 0) is 50.1 Å². The quantitative estimate of drug-likeness (QED) is 0.0917. The lowest BCUT2D eigenvalue weighted by Crippen LogP contribution is -2.20. The highest BCUT2D eigenvalue weighted by molar-refractivity contribution is 5.95. The molecule has 232 valence electrons. The fraction of sp³-hybridized carbons (Fsp3) is 0.286. The van der Waals surface area contributed by atoms with Crippen molar-refractivity contribution >= 4 is 23.5 Å². The highest BCUT2D eigenvalue weighted by atomic mass is 19.1. The number of carbonyl (C=O) groups is 2. The number of carboxylic acids is 1. The van der Waals surface area contributed by atoms with Gasteiger partial charge < -0.3 is 30.4 Å². The number of aromatic amines is 2. The van der Waals surface area contributed by atoms with E-state index in [0.717, 1.165) is 11.6 Å². The third-order valence-electron chi connectivity index (χ3n) is 6.39. The molecular weight excluding hydrogens is 579 g/mol. The third-order valence-corrected chi connectivity index (χ3v) is 6.39. The van der Waals surface area contributed by atoms with Gasteiger partial charge in [0.25, 0.3) is 5.97 Å². The molecule has 0 aliphatic carbocycles. The Bertz CT molecular complexity index is 1720. The number of esters is 1. The molecule has 1 aliphatic heterocycles. The van der Waals surface area contributed by atoms with E-state index in [9.17, 15) is 9.59 Å². The molecular formula is C28H31FN8O7. The number of benzene rings is 2. The van der Waals surface area contributed by atoms with Crippen molar-refractivity contribution in [2.75, 3.05) is 25.6 Å². The Kier molecular flexibility index (Phi) is 9.62. The van der Waals surface area contributed by atoms with Gasteiger partial charge in [-0.3, -0.25) is 20.3 Å². The summed E-state index contributed by atoms with van der Waals surface area (Å²) in [5, 5.41) is 29.1. The lowest BCUT2D eigenvalue weighted by Gasteiger charge is -2.25. The lowest BCUT2D eigenvalue weighted by atomic mass is 9.96. The summed E-state index contributed by atoms with van der Waals surface area (Å²) in [6, 6.07) is 7.09. The van der Waals surface area contributed by atoms with E-state index in [2.05, 4.69) is 25.6 Å². The van der Waals surface area contributed by atoms with Gasteiger partial charge in [0.05, 0.1) is 26.5 Å². The number of hydrogen-bond acceptors (Lipinski definition) is 10. The Morgan fingerprint density at radius 3 is 2.66 bits per heavy atom. The maximum Gasteiger partial charge on any atom is 0.349 e. The number of nitrogens with one attached hydrogen (secondary N) is 4. The fourth-order valence-corrected chi connectivity index (χ4v) is 4.49. The third kappa shape index (κ3) is 6.69. The number of rotatable bonds is 9. The van der Waals surface area contributed by atoms with Gasteiger partial charge in [0.2, 0.25) is 0 Å². The highest BCUT2D eigenvalue weighted by Crippen LogP contribution is 2.41. The number of fused-ring (bicyclic) bond motifs is 1. The zero-order chi connectivity index (χ0) is 32.0. The summed E-state index contributed by atoms with van der Waals surface area (Å²) in [5.41, 5.74) is 6.43. The molecule has 0 spiro atoms. The van der Waals surface area contributed by atoms with E-state index < -0.39 is 29.5 Å². The number of nitrogens with zero attached hydrogens (tertiary/aromatic N) is 3. The van der Waals surface area contributed by atoms with E-state index in [1.165, 1.54) is 19.4 Å². The molecule has 7 N–H and O–H groups in total. The van der Waals surface area contributed by atoms with Gasteiger partial charge >= 0.3 is 11.7 Å². The van der Waals surface area contributed by atoms with Crippen molar-refractivity contribution in [1.29, 1.82) is 5.41 Å². The number of hydrogen-bond donors (Lipinski definition) is 6. The van der Waals surface area contributed by atoms with Crippen LogP contribution >= 0.6 is 0 Å². The molecule has 1 unspecified atom stereocenters. The SMILES string of the molecule is CC(=O)O.CCOC(=O)c1cn[nH]c1-n1nc(C(Nc2ccc(C(=N)N)cc2)c2cc(OC)c3c(c2F)CCCO3)[nH]c1=O. The first-order valence-corrected chi connectivity index (χ1v) is 13.4. The Hall–Kier alpha value is -5.67. The van der Waals surface area contributed by atoms with Crippen molar-refractivity contribution in [2.45, 2.75) is 32.7 Å². The minimum atomic E-state index is -1.02. The van der Waals surface area contributed by atoms with Gasteiger partial charge in [-0.15, -0.1) is 5.10 Å². The Balaban J connectivity index is 0.00000104. The van der Waals surface area contributed by atoms with E-state index in [1.807, 2.05) is 0 Å². The molecule has 0 saturated carbocycles. The van der Waals surface area contributed by atoms with Crippen molar-refractivity contribution in [3.8, 4) is 17.3 Å². The minimum Gasteiger partial charge on any atom is -0.493 e. The first kappa shape index (κ1) is 31.3. The number of aliphatic carboxylic acids is 1. The van der Waals surface area contributed by atoms with Crippen LogP contribution in [0.15, 0.2) is 41.3 Å². The average molecular weight is 611 g/mol. The predicted octanol–water partition coefficient (Wildman–Crippen LogP) is 2.51. The molecule has 2 aromatic heterocycles. The van der Waals surface area contributed by atoms with Gasteiger partial charge in [0, 0.05) is 29.3 Å². The van der Waals surface area contributed by atoms with E-state index >= 15 is 4.39 Å². The number of halogens is 1. The summed E-state index contributed by atoms with van der Waals surface area (Å²) in [5.74, 6) is -1.44. The molecule has 0 fully saturated rings. The van der Waals surface area contributed by atoms with Crippen LogP contribution < -0.4 is 26.2 Å². The maximum absolute atomic E-state index is 16.1. The molecule has 0 saturated heterocycles. The van der Waals surface area contributed by atoms with Gasteiger partial charge in [0.1, 0.15) is 23.3 Å². The Labute approximate surface area is 249 Å². The molecule has 5 rings (SSSR count).